The molecule has 0 bridgehead atoms. The van der Waals surface area contributed by atoms with Crippen LogP contribution in [0.1, 0.15) is 207 Å². The van der Waals surface area contributed by atoms with Crippen LogP contribution in [0.4, 0.5) is 0 Å². The van der Waals surface area contributed by atoms with E-state index in [9.17, 15) is 15.0 Å². The fraction of sp³-hybridized carbons (Fsp3) is 0.973. The Labute approximate surface area is 262 Å². The van der Waals surface area contributed by atoms with Crippen molar-refractivity contribution >= 4 is 5.91 Å². The number of ether oxygens (including phenoxy) is 1. The average Bonchev–Trinajstić information content (AvgIpc) is 2.97. The molecule has 0 fully saturated rings. The topological polar surface area (TPSA) is 92.8 Å². The number of aliphatic hydroxyl groups excluding tert-OH is 1. The number of carbonyl (C=O) groups excluding carboxylic acids is 1. The molecule has 4 N–H and O–H groups in total. The fourth-order valence-electron chi connectivity index (χ4n) is 6.58. The number of carbonyl (C=O) groups is 1. The minimum atomic E-state index is -1.75. The van der Waals surface area contributed by atoms with Crippen LogP contribution in [0.15, 0.2) is 0 Å². The van der Waals surface area contributed by atoms with Crippen molar-refractivity contribution in [1.29, 1.82) is 0 Å². The summed E-state index contributed by atoms with van der Waals surface area (Å²) in [4.78, 5) is 12.8. The second kappa shape index (κ2) is 27.9. The molecule has 0 aromatic carbocycles. The minimum Gasteiger partial charge on any atom is -0.392 e. The average molecular weight is 598 g/mol. The molecule has 0 saturated heterocycles. The Morgan fingerprint density at radius 2 is 0.905 bits per heavy atom. The molecule has 5 heteroatoms. The lowest BCUT2D eigenvalue weighted by molar-refractivity contribution is -0.288. The maximum atomic E-state index is 12.8. The fourth-order valence-corrected chi connectivity index (χ4v) is 6.58. The van der Waals surface area contributed by atoms with Crippen LogP contribution in [-0.2, 0) is 9.53 Å². The van der Waals surface area contributed by atoms with Gasteiger partial charge in [0.25, 0.3) is 0 Å². The second-order valence-electron chi connectivity index (χ2n) is 13.2. The van der Waals surface area contributed by atoms with Crippen LogP contribution < -0.4 is 5.73 Å². The monoisotopic (exact) mass is 598 g/mol. The number of aliphatic hydroxyl groups is 2. The van der Waals surface area contributed by atoms with Gasteiger partial charge in [-0.1, -0.05) is 181 Å². The van der Waals surface area contributed by atoms with E-state index in [2.05, 4.69) is 13.8 Å². The van der Waals surface area contributed by atoms with Crippen LogP contribution in [0, 0.1) is 5.41 Å². The van der Waals surface area contributed by atoms with E-state index in [-0.39, 0.29) is 6.42 Å². The molecule has 0 aliphatic rings. The predicted octanol–water partition coefficient (Wildman–Crippen LogP) is 10.5. The van der Waals surface area contributed by atoms with Crippen molar-refractivity contribution in [3.05, 3.63) is 0 Å². The Balaban J connectivity index is 4.28. The van der Waals surface area contributed by atoms with Gasteiger partial charge in [0.2, 0.25) is 5.91 Å². The molecular weight excluding hydrogens is 522 g/mol. The van der Waals surface area contributed by atoms with Crippen LogP contribution in [0.5, 0.6) is 0 Å². The summed E-state index contributed by atoms with van der Waals surface area (Å²) in [5.41, 5.74) is 4.40. The third-order valence-electron chi connectivity index (χ3n) is 9.59. The lowest BCUT2D eigenvalue weighted by Gasteiger charge is -2.46. The highest BCUT2D eigenvalue weighted by molar-refractivity contribution is 5.82. The molecule has 0 radical (unpaired) electrons. The third kappa shape index (κ3) is 18.2. The van der Waals surface area contributed by atoms with Crippen molar-refractivity contribution < 1.29 is 19.7 Å². The molecule has 0 aromatic rings. The van der Waals surface area contributed by atoms with Crippen LogP contribution >= 0.6 is 0 Å². The van der Waals surface area contributed by atoms with E-state index in [1.807, 2.05) is 6.92 Å². The number of primary amides is 1. The van der Waals surface area contributed by atoms with Crippen LogP contribution in [0.3, 0.4) is 0 Å². The van der Waals surface area contributed by atoms with Crippen molar-refractivity contribution in [2.75, 3.05) is 6.61 Å². The van der Waals surface area contributed by atoms with Crippen molar-refractivity contribution in [3.63, 3.8) is 0 Å². The number of nitrogens with two attached hydrogens (primary N) is 1. The lowest BCUT2D eigenvalue weighted by atomic mass is 9.69. The maximum absolute atomic E-state index is 12.8. The van der Waals surface area contributed by atoms with E-state index < -0.39 is 23.2 Å². The van der Waals surface area contributed by atoms with Gasteiger partial charge in [0.1, 0.15) is 5.41 Å². The third-order valence-corrected chi connectivity index (χ3v) is 9.59. The zero-order valence-corrected chi connectivity index (χ0v) is 28.9. The minimum absolute atomic E-state index is 0.220. The largest absolute Gasteiger partial charge is 0.392 e. The van der Waals surface area contributed by atoms with Gasteiger partial charge in [-0.05, 0) is 26.2 Å². The van der Waals surface area contributed by atoms with Gasteiger partial charge >= 0.3 is 0 Å². The van der Waals surface area contributed by atoms with Gasteiger partial charge in [0.05, 0.1) is 12.7 Å². The summed E-state index contributed by atoms with van der Waals surface area (Å²) in [7, 11) is 0. The molecule has 0 spiro atoms. The number of rotatable bonds is 33. The highest BCUT2D eigenvalue weighted by Gasteiger charge is 2.57. The molecule has 3 unspecified atom stereocenters. The van der Waals surface area contributed by atoms with Gasteiger partial charge in [-0.2, -0.15) is 0 Å². The molecule has 252 valence electrons. The molecule has 42 heavy (non-hydrogen) atoms. The van der Waals surface area contributed by atoms with E-state index in [1.54, 1.807) is 6.92 Å². The Hall–Kier alpha value is -0.650. The van der Waals surface area contributed by atoms with E-state index in [1.165, 1.54) is 135 Å². The Morgan fingerprint density at radius 1 is 0.595 bits per heavy atom. The van der Waals surface area contributed by atoms with Gasteiger partial charge in [-0.3, -0.25) is 4.79 Å². The van der Waals surface area contributed by atoms with Gasteiger partial charge in [-0.25, -0.2) is 0 Å². The highest BCUT2D eigenvalue weighted by atomic mass is 16.6. The lowest BCUT2D eigenvalue weighted by Crippen LogP contribution is -2.62. The SMILES string of the molecule is CCCCCCCCCCCCCCCCOC(O)(CC)C(CCCCCCCCCCCCCC)(C(N)=O)C(C)O. The summed E-state index contributed by atoms with van der Waals surface area (Å²) in [5, 5.41) is 22.3. The van der Waals surface area contributed by atoms with Crippen molar-refractivity contribution in [3.8, 4) is 0 Å². The molecular formula is C37H75NO4. The van der Waals surface area contributed by atoms with Crippen LogP contribution in [0.2, 0.25) is 0 Å². The molecule has 0 aliphatic carbocycles. The smallest absolute Gasteiger partial charge is 0.231 e. The van der Waals surface area contributed by atoms with Gasteiger partial charge in [-0.15, -0.1) is 0 Å². The molecule has 5 nitrogen and oxygen atoms in total. The molecule has 0 aliphatic heterocycles. The first-order valence-electron chi connectivity index (χ1n) is 18.7. The van der Waals surface area contributed by atoms with E-state index in [4.69, 9.17) is 10.5 Å². The van der Waals surface area contributed by atoms with E-state index in [0.717, 1.165) is 32.1 Å². The molecule has 3 atom stereocenters. The Morgan fingerprint density at radius 3 is 1.19 bits per heavy atom. The van der Waals surface area contributed by atoms with Crippen LogP contribution in [0.25, 0.3) is 0 Å². The van der Waals surface area contributed by atoms with E-state index in [0.29, 0.717) is 13.0 Å². The summed E-state index contributed by atoms with van der Waals surface area (Å²) in [6.07, 6.45) is 32.1. The molecule has 1 amide bonds. The van der Waals surface area contributed by atoms with Gasteiger partial charge in [0.15, 0.2) is 5.79 Å². The van der Waals surface area contributed by atoms with E-state index >= 15 is 0 Å². The zero-order chi connectivity index (χ0) is 31.4. The number of hydrogen-bond acceptors (Lipinski definition) is 4. The summed E-state index contributed by atoms with van der Waals surface area (Å²) in [5.74, 6) is -2.41. The first kappa shape index (κ1) is 41.4. The summed E-state index contributed by atoms with van der Waals surface area (Å²) >= 11 is 0. The molecule has 0 saturated carbocycles. The van der Waals surface area contributed by atoms with Gasteiger partial charge < -0.3 is 20.7 Å². The second-order valence-corrected chi connectivity index (χ2v) is 13.2. The summed E-state index contributed by atoms with van der Waals surface area (Å²) < 4.78 is 6.03. The number of amides is 1. The molecule has 0 aromatic heterocycles. The quantitative estimate of drug-likeness (QED) is 0.0518. The molecule has 0 rings (SSSR count). The first-order valence-corrected chi connectivity index (χ1v) is 18.7. The van der Waals surface area contributed by atoms with Crippen LogP contribution in [-0.4, -0.2) is 34.6 Å². The summed E-state index contributed by atoms with van der Waals surface area (Å²) in [6.45, 7) is 8.29. The molecule has 0 heterocycles. The van der Waals surface area contributed by atoms with Crippen molar-refractivity contribution in [2.24, 2.45) is 11.1 Å². The van der Waals surface area contributed by atoms with Crippen molar-refractivity contribution in [2.45, 2.75) is 219 Å². The standard InChI is InChI=1S/C37H75NO4/c1-5-8-10-12-14-16-18-20-21-23-25-27-29-31-33-42-37(41,7-3)36(34(4)39,35(38)40)32-30-28-26-24-22-19-17-15-13-11-9-6-2/h34,39,41H,5-33H2,1-4H3,(H2,38,40). The summed E-state index contributed by atoms with van der Waals surface area (Å²) in [6, 6.07) is 0. The zero-order valence-electron chi connectivity index (χ0n) is 28.9. The highest BCUT2D eigenvalue weighted by Crippen LogP contribution is 2.43. The number of unbranched alkanes of at least 4 members (excludes halogenated alkanes) is 24. The first-order chi connectivity index (χ1) is 20.3. The Kier molecular flexibility index (Phi) is 27.4. The normalized spacial score (nSPS) is 15.4. The number of hydrogen-bond donors (Lipinski definition) is 3. The van der Waals surface area contributed by atoms with Gasteiger partial charge in [0, 0.05) is 0 Å². The Bertz CT molecular complexity index is 598. The predicted molar refractivity (Wildman–Crippen MR) is 181 cm³/mol. The maximum Gasteiger partial charge on any atom is 0.231 e. The van der Waals surface area contributed by atoms with Crippen molar-refractivity contribution in [1.82, 2.24) is 0 Å².